The highest BCUT2D eigenvalue weighted by Crippen LogP contribution is 2.30. The molecule has 1 aromatic heterocycles. The number of nitrogens with zero attached hydrogens (tertiary/aromatic N) is 2. The SMILES string of the molecule is CS(=O)(=O)C1(C(=O)Nc2nnc(Cc3ccccc3F)s2)CCNCC1.Cl. The maximum Gasteiger partial charge on any atom is 0.247 e. The highest BCUT2D eigenvalue weighted by Gasteiger charge is 2.48. The number of amides is 1. The van der Waals surface area contributed by atoms with Gasteiger partial charge in [0.1, 0.15) is 10.8 Å². The third kappa shape index (κ3) is 4.63. The Morgan fingerprint density at radius 1 is 1.30 bits per heavy atom. The molecule has 2 N–H and O–H groups in total. The second kappa shape index (κ2) is 8.59. The van der Waals surface area contributed by atoms with Gasteiger partial charge in [-0.05, 0) is 37.6 Å². The molecule has 1 fully saturated rings. The van der Waals surface area contributed by atoms with Gasteiger partial charge in [-0.25, -0.2) is 12.8 Å². The van der Waals surface area contributed by atoms with E-state index in [4.69, 9.17) is 0 Å². The molecule has 7 nitrogen and oxygen atoms in total. The van der Waals surface area contributed by atoms with Crippen molar-refractivity contribution in [2.45, 2.75) is 24.0 Å². The van der Waals surface area contributed by atoms with Gasteiger partial charge in [0, 0.05) is 12.7 Å². The minimum absolute atomic E-state index is 0. The second-order valence-corrected chi connectivity index (χ2v) is 9.63. The molecule has 0 bridgehead atoms. The number of rotatable bonds is 5. The predicted octanol–water partition coefficient (Wildman–Crippen LogP) is 1.80. The lowest BCUT2D eigenvalue weighted by atomic mass is 9.96. The van der Waals surface area contributed by atoms with Gasteiger partial charge >= 0.3 is 0 Å². The summed E-state index contributed by atoms with van der Waals surface area (Å²) in [6, 6.07) is 6.36. The van der Waals surface area contributed by atoms with Gasteiger partial charge in [0.05, 0.1) is 0 Å². The van der Waals surface area contributed by atoms with Crippen LogP contribution < -0.4 is 10.6 Å². The van der Waals surface area contributed by atoms with Crippen molar-refractivity contribution in [1.82, 2.24) is 15.5 Å². The Bertz CT molecular complexity index is 914. The van der Waals surface area contributed by atoms with E-state index in [1.165, 1.54) is 6.07 Å². The molecule has 0 unspecified atom stereocenters. The number of nitrogens with one attached hydrogen (secondary N) is 2. The van der Waals surface area contributed by atoms with E-state index in [0.29, 0.717) is 23.7 Å². The number of aromatic nitrogens is 2. The van der Waals surface area contributed by atoms with Crippen LogP contribution in [0.25, 0.3) is 0 Å². The molecule has 11 heteroatoms. The molecule has 2 aromatic rings. The number of hydrogen-bond acceptors (Lipinski definition) is 7. The molecule has 1 aliphatic heterocycles. The molecule has 148 valence electrons. The predicted molar refractivity (Wildman–Crippen MR) is 105 cm³/mol. The van der Waals surface area contributed by atoms with Gasteiger partial charge in [-0.2, -0.15) is 0 Å². The highest BCUT2D eigenvalue weighted by molar-refractivity contribution is 7.92. The second-order valence-electron chi connectivity index (χ2n) is 6.24. The summed E-state index contributed by atoms with van der Waals surface area (Å²) in [5.74, 6) is -0.922. The van der Waals surface area contributed by atoms with E-state index in [1.54, 1.807) is 18.2 Å². The maximum atomic E-state index is 13.7. The third-order valence-electron chi connectivity index (χ3n) is 4.52. The lowest BCUT2D eigenvalue weighted by Gasteiger charge is -2.33. The number of carbonyl (C=O) groups is 1. The first-order valence-electron chi connectivity index (χ1n) is 8.09. The normalized spacial score (nSPS) is 16.4. The van der Waals surface area contributed by atoms with Crippen LogP contribution in [-0.4, -0.2) is 48.6 Å². The largest absolute Gasteiger partial charge is 0.317 e. The Morgan fingerprint density at radius 3 is 2.59 bits per heavy atom. The molecule has 1 saturated heterocycles. The first-order chi connectivity index (χ1) is 12.3. The Hall–Kier alpha value is -1.62. The number of carbonyl (C=O) groups excluding carboxylic acids is 1. The molecule has 3 rings (SSSR count). The number of anilines is 1. The van der Waals surface area contributed by atoms with Crippen molar-refractivity contribution in [3.05, 3.63) is 40.7 Å². The van der Waals surface area contributed by atoms with Crippen LogP contribution in [0.4, 0.5) is 9.52 Å². The van der Waals surface area contributed by atoms with Gasteiger partial charge in [0.25, 0.3) is 0 Å². The molecule has 27 heavy (non-hydrogen) atoms. The third-order valence-corrected chi connectivity index (χ3v) is 7.37. The number of halogens is 2. The summed E-state index contributed by atoms with van der Waals surface area (Å²) in [6.45, 7) is 0.907. The van der Waals surface area contributed by atoms with Crippen LogP contribution >= 0.6 is 23.7 Å². The van der Waals surface area contributed by atoms with Gasteiger partial charge in [-0.15, -0.1) is 22.6 Å². The summed E-state index contributed by atoms with van der Waals surface area (Å²) in [7, 11) is -3.60. The monoisotopic (exact) mass is 434 g/mol. The summed E-state index contributed by atoms with van der Waals surface area (Å²) in [5, 5.41) is 14.2. The lowest BCUT2D eigenvalue weighted by Crippen LogP contribution is -2.55. The van der Waals surface area contributed by atoms with E-state index >= 15 is 0 Å². The van der Waals surface area contributed by atoms with E-state index < -0.39 is 20.5 Å². The van der Waals surface area contributed by atoms with Crippen LogP contribution in [0.3, 0.4) is 0 Å². The molecular formula is C16H20ClFN4O3S2. The Morgan fingerprint density at radius 2 is 1.96 bits per heavy atom. The average molecular weight is 435 g/mol. The van der Waals surface area contributed by atoms with Gasteiger partial charge in [-0.1, -0.05) is 29.5 Å². The van der Waals surface area contributed by atoms with Gasteiger partial charge < -0.3 is 5.32 Å². The van der Waals surface area contributed by atoms with Gasteiger partial charge in [0.15, 0.2) is 14.6 Å². The minimum Gasteiger partial charge on any atom is -0.317 e. The number of hydrogen-bond donors (Lipinski definition) is 2. The molecule has 2 heterocycles. The maximum absolute atomic E-state index is 13.7. The molecular weight excluding hydrogens is 415 g/mol. The first-order valence-corrected chi connectivity index (χ1v) is 10.8. The summed E-state index contributed by atoms with van der Waals surface area (Å²) in [4.78, 5) is 12.7. The van der Waals surface area contributed by atoms with Crippen molar-refractivity contribution in [1.29, 1.82) is 0 Å². The standard InChI is InChI=1S/C16H19FN4O3S2.ClH/c1-26(23,24)16(6-8-18-9-7-16)14(22)19-15-21-20-13(25-15)10-11-4-2-3-5-12(11)17;/h2-5,18H,6-10H2,1H3,(H,19,21,22);1H. The van der Waals surface area contributed by atoms with Gasteiger partial charge in [0.2, 0.25) is 11.0 Å². The molecule has 1 amide bonds. The Kier molecular flexibility index (Phi) is 6.90. The number of piperidine rings is 1. The van der Waals surface area contributed by atoms with Crippen molar-refractivity contribution < 1.29 is 17.6 Å². The van der Waals surface area contributed by atoms with Crippen LogP contribution in [0, 0.1) is 5.82 Å². The zero-order chi connectivity index (χ0) is 18.8. The van der Waals surface area contributed by atoms with Crippen molar-refractivity contribution in [2.75, 3.05) is 24.7 Å². The molecule has 1 aliphatic rings. The first kappa shape index (κ1) is 21.7. The fourth-order valence-corrected chi connectivity index (χ4v) is 5.08. The molecule has 0 saturated carbocycles. The number of benzene rings is 1. The van der Waals surface area contributed by atoms with Crippen molar-refractivity contribution in [2.24, 2.45) is 0 Å². The highest BCUT2D eigenvalue weighted by atomic mass is 35.5. The van der Waals surface area contributed by atoms with Crippen LogP contribution in [0.1, 0.15) is 23.4 Å². The van der Waals surface area contributed by atoms with E-state index in [0.717, 1.165) is 17.6 Å². The zero-order valence-corrected chi connectivity index (χ0v) is 17.0. The number of sulfone groups is 1. The van der Waals surface area contributed by atoms with Crippen LogP contribution in [0.5, 0.6) is 0 Å². The molecule has 1 aromatic carbocycles. The van der Waals surface area contributed by atoms with E-state index in [2.05, 4.69) is 20.8 Å². The van der Waals surface area contributed by atoms with E-state index in [-0.39, 0.29) is 42.6 Å². The Labute approximate surface area is 167 Å². The smallest absolute Gasteiger partial charge is 0.247 e. The van der Waals surface area contributed by atoms with Crippen molar-refractivity contribution in [3.8, 4) is 0 Å². The zero-order valence-electron chi connectivity index (χ0n) is 14.6. The summed E-state index contributed by atoms with van der Waals surface area (Å²) in [6.07, 6.45) is 1.75. The molecule has 0 aliphatic carbocycles. The van der Waals surface area contributed by atoms with E-state index in [9.17, 15) is 17.6 Å². The van der Waals surface area contributed by atoms with E-state index in [1.807, 2.05) is 0 Å². The lowest BCUT2D eigenvalue weighted by molar-refractivity contribution is -0.119. The average Bonchev–Trinajstić information content (AvgIpc) is 3.03. The fraction of sp³-hybridized carbons (Fsp3) is 0.438. The van der Waals surface area contributed by atoms with Crippen LogP contribution in [0.2, 0.25) is 0 Å². The molecule has 0 radical (unpaired) electrons. The van der Waals surface area contributed by atoms with Crippen LogP contribution in [-0.2, 0) is 21.1 Å². The Balaban J connectivity index is 0.00000261. The topological polar surface area (TPSA) is 101 Å². The quantitative estimate of drug-likeness (QED) is 0.744. The molecule has 0 atom stereocenters. The van der Waals surface area contributed by atoms with Crippen molar-refractivity contribution in [3.63, 3.8) is 0 Å². The summed E-state index contributed by atoms with van der Waals surface area (Å²) >= 11 is 1.11. The van der Waals surface area contributed by atoms with Crippen molar-refractivity contribution >= 4 is 44.6 Å². The fourth-order valence-electron chi connectivity index (χ4n) is 2.99. The summed E-state index contributed by atoms with van der Waals surface area (Å²) < 4.78 is 36.8. The minimum atomic E-state index is -3.60. The summed E-state index contributed by atoms with van der Waals surface area (Å²) in [5.41, 5.74) is 0.479. The van der Waals surface area contributed by atoms with Crippen LogP contribution in [0.15, 0.2) is 24.3 Å². The van der Waals surface area contributed by atoms with Gasteiger partial charge in [-0.3, -0.25) is 10.1 Å². The molecule has 0 spiro atoms.